The van der Waals surface area contributed by atoms with Crippen LogP contribution in [-0.4, -0.2) is 38.0 Å². The van der Waals surface area contributed by atoms with E-state index in [1.54, 1.807) is 10.8 Å². The largest absolute Gasteiger partial charge is 0.490 e. The number of nitrogens with zero attached hydrogens (tertiary/aromatic N) is 5. The summed E-state index contributed by atoms with van der Waals surface area (Å²) in [6.07, 6.45) is 7.50. The van der Waals surface area contributed by atoms with E-state index >= 15 is 0 Å². The van der Waals surface area contributed by atoms with Crippen LogP contribution in [0.4, 0.5) is 0 Å². The van der Waals surface area contributed by atoms with Crippen LogP contribution in [0.15, 0.2) is 52.1 Å². The highest BCUT2D eigenvalue weighted by Crippen LogP contribution is 2.28. The molecular weight excluding hydrogens is 448 g/mol. The Hall–Kier alpha value is -2.52. The van der Waals surface area contributed by atoms with Gasteiger partial charge in [-0.1, -0.05) is 23.4 Å². The predicted octanol–water partition coefficient (Wildman–Crippen LogP) is 3.85. The second kappa shape index (κ2) is 9.99. The highest BCUT2D eigenvalue weighted by atomic mass is 79.9. The van der Waals surface area contributed by atoms with Gasteiger partial charge in [-0.05, 0) is 69.7 Å². The molecule has 2 heterocycles. The lowest BCUT2D eigenvalue weighted by atomic mass is 10.1. The van der Waals surface area contributed by atoms with Crippen molar-refractivity contribution in [3.8, 4) is 5.75 Å². The van der Waals surface area contributed by atoms with Crippen molar-refractivity contribution in [2.24, 2.45) is 0 Å². The van der Waals surface area contributed by atoms with E-state index in [4.69, 9.17) is 9.26 Å². The molecule has 1 fully saturated rings. The summed E-state index contributed by atoms with van der Waals surface area (Å²) in [5.74, 6) is 2.41. The molecule has 9 heteroatoms. The smallest absolute Gasteiger partial charge is 0.173 e. The number of nitrogens with one attached hydrogen (secondary N) is 1. The Bertz CT molecular complexity index is 966. The Morgan fingerprint density at radius 3 is 2.97 bits per heavy atom. The molecule has 1 unspecified atom stereocenters. The van der Waals surface area contributed by atoms with Crippen molar-refractivity contribution in [3.05, 3.63) is 64.7 Å². The standard InChI is InChI=1S/C21H25BrN6O2/c1-2-12-28-21(24-26-27-28)20(23-11-10-18-14-19(22)25-30-18)15-6-5-9-17(13-15)29-16-7-3-4-8-16/h2,5-6,9,13-14,16,20,23H,1,3-4,7-8,10-12H2. The lowest BCUT2D eigenvalue weighted by Crippen LogP contribution is -2.28. The fourth-order valence-electron chi connectivity index (χ4n) is 3.74. The quantitative estimate of drug-likeness (QED) is 0.448. The molecule has 0 saturated heterocycles. The summed E-state index contributed by atoms with van der Waals surface area (Å²) in [6, 6.07) is 9.85. The van der Waals surface area contributed by atoms with E-state index in [2.05, 4.69) is 60.6 Å². The van der Waals surface area contributed by atoms with Crippen LogP contribution in [0.5, 0.6) is 5.75 Å². The molecule has 1 aromatic carbocycles. The van der Waals surface area contributed by atoms with E-state index in [1.165, 1.54) is 12.8 Å². The number of hydrogen-bond acceptors (Lipinski definition) is 7. The summed E-state index contributed by atoms with van der Waals surface area (Å²) in [5, 5.41) is 19.7. The van der Waals surface area contributed by atoms with Gasteiger partial charge in [0.2, 0.25) is 0 Å². The van der Waals surface area contributed by atoms with E-state index in [0.717, 1.165) is 35.7 Å². The van der Waals surface area contributed by atoms with Gasteiger partial charge in [0.25, 0.3) is 0 Å². The molecular formula is C21H25BrN6O2. The van der Waals surface area contributed by atoms with Crippen molar-refractivity contribution in [2.75, 3.05) is 6.54 Å². The van der Waals surface area contributed by atoms with Crippen molar-refractivity contribution in [2.45, 2.75) is 50.8 Å². The van der Waals surface area contributed by atoms with Crippen molar-refractivity contribution < 1.29 is 9.26 Å². The van der Waals surface area contributed by atoms with Crippen LogP contribution in [0.3, 0.4) is 0 Å². The second-order valence-corrected chi connectivity index (χ2v) is 8.17. The number of rotatable bonds is 10. The fraction of sp³-hybridized carbons (Fsp3) is 0.429. The molecule has 0 amide bonds. The van der Waals surface area contributed by atoms with Gasteiger partial charge in [-0.2, -0.15) is 0 Å². The number of halogens is 1. The third-order valence-electron chi connectivity index (χ3n) is 5.17. The zero-order chi connectivity index (χ0) is 20.8. The average molecular weight is 473 g/mol. The van der Waals surface area contributed by atoms with Gasteiger partial charge in [0.1, 0.15) is 16.1 Å². The van der Waals surface area contributed by atoms with Crippen LogP contribution in [0, 0.1) is 0 Å². The lowest BCUT2D eigenvalue weighted by molar-refractivity contribution is 0.209. The van der Waals surface area contributed by atoms with E-state index in [0.29, 0.717) is 30.2 Å². The van der Waals surface area contributed by atoms with Crippen molar-refractivity contribution >= 4 is 15.9 Å². The number of allylic oxidation sites excluding steroid dienone is 1. The number of hydrogen-bond donors (Lipinski definition) is 1. The topological polar surface area (TPSA) is 90.9 Å². The molecule has 2 aromatic heterocycles. The van der Waals surface area contributed by atoms with Gasteiger partial charge >= 0.3 is 0 Å². The summed E-state index contributed by atoms with van der Waals surface area (Å²) in [5.41, 5.74) is 1.05. The normalized spacial score (nSPS) is 15.4. The van der Waals surface area contributed by atoms with Gasteiger partial charge in [-0.25, -0.2) is 4.68 Å². The Kier molecular flexibility index (Phi) is 6.91. The van der Waals surface area contributed by atoms with Gasteiger partial charge < -0.3 is 14.6 Å². The summed E-state index contributed by atoms with van der Waals surface area (Å²) >= 11 is 3.31. The molecule has 0 spiro atoms. The van der Waals surface area contributed by atoms with Crippen molar-refractivity contribution in [1.29, 1.82) is 0 Å². The van der Waals surface area contributed by atoms with Crippen molar-refractivity contribution in [1.82, 2.24) is 30.7 Å². The molecule has 1 aliphatic carbocycles. The molecule has 0 bridgehead atoms. The maximum Gasteiger partial charge on any atom is 0.173 e. The van der Waals surface area contributed by atoms with Crippen LogP contribution in [0.2, 0.25) is 0 Å². The molecule has 8 nitrogen and oxygen atoms in total. The van der Waals surface area contributed by atoms with Crippen LogP contribution in [0.25, 0.3) is 0 Å². The lowest BCUT2D eigenvalue weighted by Gasteiger charge is -2.20. The summed E-state index contributed by atoms with van der Waals surface area (Å²) in [7, 11) is 0. The number of aromatic nitrogens is 5. The summed E-state index contributed by atoms with van der Waals surface area (Å²) in [4.78, 5) is 0. The molecule has 0 aliphatic heterocycles. The van der Waals surface area contributed by atoms with Crippen molar-refractivity contribution in [3.63, 3.8) is 0 Å². The van der Waals surface area contributed by atoms with E-state index in [1.807, 2.05) is 18.2 Å². The first-order valence-corrected chi connectivity index (χ1v) is 11.0. The van der Waals surface area contributed by atoms with Gasteiger partial charge in [0, 0.05) is 19.0 Å². The van der Waals surface area contributed by atoms with E-state index in [9.17, 15) is 0 Å². The third-order valence-corrected chi connectivity index (χ3v) is 5.54. The van der Waals surface area contributed by atoms with Gasteiger partial charge in [0.15, 0.2) is 5.82 Å². The Morgan fingerprint density at radius 1 is 1.33 bits per heavy atom. The zero-order valence-corrected chi connectivity index (χ0v) is 18.3. The monoisotopic (exact) mass is 472 g/mol. The average Bonchev–Trinajstić information content (AvgIpc) is 3.49. The first-order chi connectivity index (χ1) is 14.7. The summed E-state index contributed by atoms with van der Waals surface area (Å²) < 4.78 is 13.9. The third kappa shape index (κ3) is 5.14. The van der Waals surface area contributed by atoms with Crippen LogP contribution >= 0.6 is 15.9 Å². The molecule has 0 radical (unpaired) electrons. The maximum absolute atomic E-state index is 6.21. The number of benzene rings is 1. The zero-order valence-electron chi connectivity index (χ0n) is 16.7. The highest BCUT2D eigenvalue weighted by molar-refractivity contribution is 9.10. The van der Waals surface area contributed by atoms with E-state index in [-0.39, 0.29) is 6.04 Å². The molecule has 1 aliphatic rings. The first-order valence-electron chi connectivity index (χ1n) is 10.2. The molecule has 1 N–H and O–H groups in total. The van der Waals surface area contributed by atoms with Gasteiger partial charge in [-0.3, -0.25) is 0 Å². The Morgan fingerprint density at radius 2 is 2.20 bits per heavy atom. The first kappa shape index (κ1) is 20.7. The molecule has 1 atom stereocenters. The molecule has 158 valence electrons. The minimum absolute atomic E-state index is 0.196. The predicted molar refractivity (Wildman–Crippen MR) is 115 cm³/mol. The minimum atomic E-state index is -0.196. The maximum atomic E-state index is 6.21. The van der Waals surface area contributed by atoms with Gasteiger partial charge in [0.05, 0.1) is 18.7 Å². The number of ether oxygens (including phenoxy) is 1. The minimum Gasteiger partial charge on any atom is -0.490 e. The van der Waals surface area contributed by atoms with Crippen LogP contribution < -0.4 is 10.1 Å². The van der Waals surface area contributed by atoms with Gasteiger partial charge in [-0.15, -0.1) is 11.7 Å². The fourth-order valence-corrected chi connectivity index (χ4v) is 4.07. The molecule has 1 saturated carbocycles. The van der Waals surface area contributed by atoms with Crippen LogP contribution in [-0.2, 0) is 13.0 Å². The highest BCUT2D eigenvalue weighted by Gasteiger charge is 2.22. The molecule has 3 aromatic rings. The molecule has 4 rings (SSSR count). The Labute approximate surface area is 183 Å². The summed E-state index contributed by atoms with van der Waals surface area (Å²) in [6.45, 7) is 5.01. The Balaban J connectivity index is 1.54. The molecule has 30 heavy (non-hydrogen) atoms. The second-order valence-electron chi connectivity index (χ2n) is 7.36. The van der Waals surface area contributed by atoms with Crippen LogP contribution in [0.1, 0.15) is 48.9 Å². The number of tetrazole rings is 1. The van der Waals surface area contributed by atoms with E-state index < -0.39 is 0 Å². The SMILES string of the molecule is C=CCn1nnnc1C(NCCc1cc(Br)no1)c1cccc(OC2CCCC2)c1.